The molecule has 13 heteroatoms. The Morgan fingerprint density at radius 1 is 0.764 bits per heavy atom. The maximum absolute atomic E-state index is 13.7. The third kappa shape index (κ3) is 10.2. The van der Waals surface area contributed by atoms with Crippen LogP contribution in [0.15, 0.2) is 97.1 Å². The predicted molar refractivity (Wildman–Crippen MR) is 204 cm³/mol. The molecule has 0 aliphatic carbocycles. The van der Waals surface area contributed by atoms with Crippen LogP contribution in [0.25, 0.3) is 11.1 Å². The van der Waals surface area contributed by atoms with Crippen molar-refractivity contribution in [2.75, 3.05) is 45.2 Å². The number of esters is 1. The number of alkyl halides is 3. The van der Waals surface area contributed by atoms with Crippen molar-refractivity contribution in [3.05, 3.63) is 125 Å². The molecule has 0 saturated heterocycles. The van der Waals surface area contributed by atoms with Crippen LogP contribution in [0.1, 0.15) is 64.6 Å². The summed E-state index contributed by atoms with van der Waals surface area (Å²) in [7, 11) is 1.58. The fourth-order valence-corrected chi connectivity index (χ4v) is 6.07. The molecular weight excluding hydrogens is 713 g/mol. The Kier molecular flexibility index (Phi) is 14.5. The predicted octanol–water partition coefficient (Wildman–Crippen LogP) is 6.45. The zero-order valence-corrected chi connectivity index (χ0v) is 31.2. The van der Waals surface area contributed by atoms with E-state index in [0.717, 1.165) is 12.1 Å². The fourth-order valence-electron chi connectivity index (χ4n) is 6.07. The second-order valence-corrected chi connectivity index (χ2v) is 12.8. The minimum absolute atomic E-state index is 0.0665. The van der Waals surface area contributed by atoms with Gasteiger partial charge in [-0.05, 0) is 73.0 Å². The average Bonchev–Trinajstić information content (AvgIpc) is 3.18. The molecule has 3 N–H and O–H groups in total. The minimum atomic E-state index is -4.51. The smallest absolute Gasteiger partial charge is 0.416 e. The fraction of sp³-hybridized carbons (Fsp3) is 0.310. The van der Waals surface area contributed by atoms with Gasteiger partial charge in [0.1, 0.15) is 5.41 Å². The number of halogens is 3. The number of amides is 3. The number of rotatable bonds is 17. The van der Waals surface area contributed by atoms with E-state index in [0.29, 0.717) is 35.3 Å². The Hall–Kier alpha value is -5.82. The molecule has 3 amide bonds. The number of likely N-dealkylation sites (N-methyl/N-ethyl adjacent to an activating group) is 2. The second-order valence-electron chi connectivity index (χ2n) is 12.8. The summed E-state index contributed by atoms with van der Waals surface area (Å²) in [4.78, 5) is 69.0. The first-order chi connectivity index (χ1) is 26.3. The highest BCUT2D eigenvalue weighted by atomic mass is 19.4. The lowest BCUT2D eigenvalue weighted by Crippen LogP contribution is -2.53. The van der Waals surface area contributed by atoms with Crippen molar-refractivity contribution in [1.29, 1.82) is 0 Å². The van der Waals surface area contributed by atoms with Crippen molar-refractivity contribution >= 4 is 35.2 Å². The van der Waals surface area contributed by atoms with Crippen molar-refractivity contribution in [3.8, 4) is 11.1 Å². The molecule has 4 aromatic carbocycles. The summed E-state index contributed by atoms with van der Waals surface area (Å²) >= 11 is 0. The summed E-state index contributed by atoms with van der Waals surface area (Å²) in [6.07, 6.45) is -4.88. The summed E-state index contributed by atoms with van der Waals surface area (Å²) in [6, 6.07) is 24.0. The lowest BCUT2D eigenvalue weighted by Gasteiger charge is -2.31. The van der Waals surface area contributed by atoms with Crippen LogP contribution >= 0.6 is 0 Å². The van der Waals surface area contributed by atoms with Gasteiger partial charge in [0.05, 0.1) is 36.4 Å². The van der Waals surface area contributed by atoms with Gasteiger partial charge < -0.3 is 25.6 Å². The van der Waals surface area contributed by atoms with Gasteiger partial charge in [-0.1, -0.05) is 73.7 Å². The zero-order valence-electron chi connectivity index (χ0n) is 31.2. The van der Waals surface area contributed by atoms with Gasteiger partial charge in [-0.3, -0.25) is 24.0 Å². The van der Waals surface area contributed by atoms with Crippen LogP contribution < -0.4 is 16.0 Å². The highest BCUT2D eigenvalue weighted by Gasteiger charge is 2.46. The number of ketones is 1. The molecule has 290 valence electrons. The van der Waals surface area contributed by atoms with Gasteiger partial charge in [-0.2, -0.15) is 13.2 Å². The number of benzene rings is 4. The van der Waals surface area contributed by atoms with E-state index in [1.54, 1.807) is 75.5 Å². The number of Topliss-reactive ketones (excluding diaryl/α,β-unsaturated/α-hetero) is 1. The molecule has 10 nitrogen and oxygen atoms in total. The molecule has 0 spiro atoms. The zero-order chi connectivity index (χ0) is 40.2. The Morgan fingerprint density at radius 3 is 2.07 bits per heavy atom. The van der Waals surface area contributed by atoms with Crippen molar-refractivity contribution in [3.63, 3.8) is 0 Å². The van der Waals surface area contributed by atoms with E-state index in [4.69, 9.17) is 4.74 Å². The van der Waals surface area contributed by atoms with E-state index < -0.39 is 40.8 Å². The van der Waals surface area contributed by atoms with Crippen LogP contribution in [0, 0.1) is 0 Å². The van der Waals surface area contributed by atoms with Crippen molar-refractivity contribution < 1.29 is 41.9 Å². The topological polar surface area (TPSA) is 134 Å². The van der Waals surface area contributed by atoms with Gasteiger partial charge in [-0.15, -0.1) is 0 Å². The Labute approximate surface area is 318 Å². The highest BCUT2D eigenvalue weighted by Crippen LogP contribution is 2.33. The highest BCUT2D eigenvalue weighted by molar-refractivity contribution is 6.13. The molecule has 0 aromatic heterocycles. The molecule has 0 fully saturated rings. The Morgan fingerprint density at radius 2 is 1.44 bits per heavy atom. The van der Waals surface area contributed by atoms with Crippen LogP contribution in [0.5, 0.6) is 0 Å². The Bertz CT molecular complexity index is 1990. The van der Waals surface area contributed by atoms with Crippen LogP contribution in [0.2, 0.25) is 0 Å². The molecule has 4 aromatic rings. The van der Waals surface area contributed by atoms with Gasteiger partial charge >= 0.3 is 12.1 Å². The largest absolute Gasteiger partial charge is 0.465 e. The number of nitrogens with zero attached hydrogens (tertiary/aromatic N) is 1. The molecule has 1 unspecified atom stereocenters. The summed E-state index contributed by atoms with van der Waals surface area (Å²) in [5.74, 6) is -2.57. The maximum Gasteiger partial charge on any atom is 0.416 e. The van der Waals surface area contributed by atoms with Gasteiger partial charge in [0.2, 0.25) is 5.91 Å². The molecule has 4 rings (SSSR count). The maximum atomic E-state index is 13.7. The molecule has 0 heterocycles. The standard InChI is InChI=1S/C42H45F3N4O6/c1-5-46-27-36(50)41(40(54)47-6-2,30-13-9-8-10-14-30)23-24-55-37(51)26-28-17-22-35(34(25-28)39(53)49(4)7-3)48-38(52)33-16-12-11-15-32(33)29-18-20-31(21-19-29)42(43,44)45/h8-22,25,46H,5-7,23-24,26-27H2,1-4H3,(H,47,54)(H,48,52). The van der Waals surface area contributed by atoms with Crippen LogP contribution in [-0.2, 0) is 37.1 Å². The SMILES string of the molecule is CCNCC(=O)C(CCOC(=O)Cc1ccc(NC(=O)c2ccccc2-c2ccc(C(F)(F)F)cc2)c(C(=O)N(C)CC)c1)(C(=O)NCC)c1ccccc1. The van der Waals surface area contributed by atoms with E-state index in [1.165, 1.54) is 35.2 Å². The molecule has 55 heavy (non-hydrogen) atoms. The molecule has 0 aliphatic heterocycles. The normalized spacial score (nSPS) is 12.3. The van der Waals surface area contributed by atoms with Crippen LogP contribution in [0.3, 0.4) is 0 Å². The number of anilines is 1. The van der Waals surface area contributed by atoms with Crippen molar-refractivity contribution in [2.45, 2.75) is 45.2 Å². The number of nitrogens with one attached hydrogen (secondary N) is 3. The van der Waals surface area contributed by atoms with Crippen LogP contribution in [0.4, 0.5) is 18.9 Å². The summed E-state index contributed by atoms with van der Waals surface area (Å²) < 4.78 is 45.1. The van der Waals surface area contributed by atoms with Gasteiger partial charge in [-0.25, -0.2) is 0 Å². The third-order valence-corrected chi connectivity index (χ3v) is 9.17. The molecule has 0 bridgehead atoms. The quantitative estimate of drug-likeness (QED) is 0.0834. The lowest BCUT2D eigenvalue weighted by molar-refractivity contribution is -0.146. The van der Waals surface area contributed by atoms with Crippen molar-refractivity contribution in [2.24, 2.45) is 0 Å². The van der Waals surface area contributed by atoms with Crippen LogP contribution in [-0.4, -0.2) is 74.2 Å². The lowest BCUT2D eigenvalue weighted by atomic mass is 9.73. The average molecular weight is 759 g/mol. The van der Waals surface area contributed by atoms with E-state index in [2.05, 4.69) is 16.0 Å². The second kappa shape index (κ2) is 19.0. The monoisotopic (exact) mass is 758 g/mol. The van der Waals surface area contributed by atoms with E-state index >= 15 is 0 Å². The molecule has 1 atom stereocenters. The van der Waals surface area contributed by atoms with Crippen molar-refractivity contribution in [1.82, 2.24) is 15.5 Å². The van der Waals surface area contributed by atoms with Gasteiger partial charge in [0, 0.05) is 32.1 Å². The number of carbonyl (C=O) groups excluding carboxylic acids is 5. The molecule has 0 radical (unpaired) electrons. The third-order valence-electron chi connectivity index (χ3n) is 9.17. The molecular formula is C42H45F3N4O6. The first-order valence-corrected chi connectivity index (χ1v) is 18.0. The summed E-state index contributed by atoms with van der Waals surface area (Å²) in [5, 5.41) is 8.53. The number of hydrogen-bond acceptors (Lipinski definition) is 7. The van der Waals surface area contributed by atoms with Gasteiger partial charge in [0.15, 0.2) is 5.78 Å². The summed E-state index contributed by atoms with van der Waals surface area (Å²) in [5.41, 5.74) is -0.353. The minimum Gasteiger partial charge on any atom is -0.465 e. The van der Waals surface area contributed by atoms with E-state index in [1.807, 2.05) is 6.92 Å². The Balaban J connectivity index is 1.56. The first kappa shape index (κ1) is 41.9. The van der Waals surface area contributed by atoms with E-state index in [-0.39, 0.29) is 55.1 Å². The number of hydrogen-bond donors (Lipinski definition) is 3. The number of ether oxygens (including phenoxy) is 1. The number of carbonyl (C=O) groups is 5. The molecule has 0 saturated carbocycles. The van der Waals surface area contributed by atoms with E-state index in [9.17, 15) is 37.1 Å². The van der Waals surface area contributed by atoms with Gasteiger partial charge in [0.25, 0.3) is 11.8 Å². The summed E-state index contributed by atoms with van der Waals surface area (Å²) in [6.45, 7) is 6.20. The first-order valence-electron chi connectivity index (χ1n) is 18.0. The molecule has 0 aliphatic rings.